The molecule has 4 aromatic heterocycles. The van der Waals surface area contributed by atoms with Crippen molar-refractivity contribution >= 4 is 28.5 Å². The topological polar surface area (TPSA) is 90.2 Å². The van der Waals surface area contributed by atoms with Crippen molar-refractivity contribution in [2.24, 2.45) is 0 Å². The molecule has 1 saturated heterocycles. The van der Waals surface area contributed by atoms with Crippen molar-refractivity contribution in [3.8, 4) is 11.3 Å². The second-order valence-electron chi connectivity index (χ2n) is 8.76. The summed E-state index contributed by atoms with van der Waals surface area (Å²) < 4.78 is 0. The molecule has 34 heavy (non-hydrogen) atoms. The molecule has 4 aromatic rings. The molecule has 9 nitrogen and oxygen atoms in total. The predicted octanol–water partition coefficient (Wildman–Crippen LogP) is 4.20. The van der Waals surface area contributed by atoms with E-state index >= 15 is 0 Å². The van der Waals surface area contributed by atoms with E-state index in [0.717, 1.165) is 59.7 Å². The van der Waals surface area contributed by atoms with Crippen molar-refractivity contribution in [2.45, 2.75) is 19.9 Å². The first-order valence-corrected chi connectivity index (χ1v) is 11.4. The number of aromatic nitrogens is 5. The third kappa shape index (κ3) is 4.28. The molecule has 1 fully saturated rings. The number of likely N-dealkylation sites (N-methyl/N-ethyl adjacent to an activating group) is 1. The van der Waals surface area contributed by atoms with Gasteiger partial charge in [0.25, 0.3) is 0 Å². The molecule has 5 rings (SSSR count). The van der Waals surface area contributed by atoms with Crippen LogP contribution in [-0.4, -0.2) is 63.0 Å². The molecule has 172 valence electrons. The SMILES string of the molecule is [C-]#[N+]c1cnc(N[C@@H](C)c2ccc(N3CCN(C)CC3)nc2)nc1-c1c[nH]c2ncc(C)cc12. The van der Waals surface area contributed by atoms with Crippen LogP contribution in [0.15, 0.2) is 43.0 Å². The molecule has 1 atom stereocenters. The van der Waals surface area contributed by atoms with Crippen LogP contribution in [0.4, 0.5) is 17.5 Å². The summed E-state index contributed by atoms with van der Waals surface area (Å²) in [6.45, 7) is 15.7. The van der Waals surface area contributed by atoms with Crippen LogP contribution in [0, 0.1) is 13.5 Å². The van der Waals surface area contributed by atoms with Gasteiger partial charge in [0, 0.05) is 61.9 Å². The Morgan fingerprint density at radius 1 is 1.09 bits per heavy atom. The van der Waals surface area contributed by atoms with Crippen LogP contribution in [0.1, 0.15) is 24.1 Å². The standard InChI is InChI=1S/C25H27N9/c1-16-11-19-20(14-29-24(19)28-12-16)23-21(26-3)15-30-25(32-23)31-17(2)18-5-6-22(27-13-18)34-9-7-33(4)8-10-34/h5-6,11-15,17H,7-10H2,1-2,4H3,(H,28,29)(H,30,31,32)/t17-/m0/s1. The van der Waals surface area contributed by atoms with Crippen LogP contribution in [0.25, 0.3) is 27.1 Å². The van der Waals surface area contributed by atoms with E-state index < -0.39 is 0 Å². The van der Waals surface area contributed by atoms with E-state index in [1.165, 1.54) is 0 Å². The van der Waals surface area contributed by atoms with Crippen LogP contribution in [0.5, 0.6) is 0 Å². The minimum absolute atomic E-state index is 0.0486. The summed E-state index contributed by atoms with van der Waals surface area (Å²) in [6, 6.07) is 6.18. The maximum atomic E-state index is 7.58. The number of aryl methyl sites for hydroxylation is 1. The summed E-state index contributed by atoms with van der Waals surface area (Å²) in [4.78, 5) is 29.7. The average molecular weight is 454 g/mol. The third-order valence-electron chi connectivity index (χ3n) is 6.26. The normalized spacial score (nSPS) is 15.3. The minimum Gasteiger partial charge on any atom is -0.354 e. The largest absolute Gasteiger partial charge is 0.354 e. The van der Waals surface area contributed by atoms with Gasteiger partial charge in [-0.3, -0.25) is 0 Å². The summed E-state index contributed by atoms with van der Waals surface area (Å²) in [5.74, 6) is 1.47. The number of aromatic amines is 1. The molecule has 1 aliphatic heterocycles. The first-order chi connectivity index (χ1) is 16.5. The minimum atomic E-state index is -0.0486. The third-order valence-corrected chi connectivity index (χ3v) is 6.26. The fraction of sp³-hybridized carbons (Fsp3) is 0.320. The lowest BCUT2D eigenvalue weighted by molar-refractivity contribution is 0.312. The van der Waals surface area contributed by atoms with Gasteiger partial charge in [-0.1, -0.05) is 6.07 Å². The number of rotatable bonds is 5. The molecule has 0 aromatic carbocycles. The van der Waals surface area contributed by atoms with Gasteiger partial charge in [0.2, 0.25) is 11.6 Å². The molecule has 9 heteroatoms. The van der Waals surface area contributed by atoms with Gasteiger partial charge in [-0.15, -0.1) is 0 Å². The molecule has 0 saturated carbocycles. The van der Waals surface area contributed by atoms with E-state index in [1.807, 2.05) is 31.6 Å². The van der Waals surface area contributed by atoms with Gasteiger partial charge >= 0.3 is 0 Å². The molecule has 0 unspecified atom stereocenters. The smallest absolute Gasteiger partial charge is 0.231 e. The molecule has 0 aliphatic carbocycles. The van der Waals surface area contributed by atoms with Crippen molar-refractivity contribution in [1.82, 2.24) is 29.8 Å². The molecule has 5 heterocycles. The predicted molar refractivity (Wildman–Crippen MR) is 134 cm³/mol. The van der Waals surface area contributed by atoms with Gasteiger partial charge < -0.3 is 20.1 Å². The van der Waals surface area contributed by atoms with E-state index in [1.54, 1.807) is 6.20 Å². The molecule has 0 amide bonds. The number of H-pyrrole nitrogens is 1. The maximum Gasteiger partial charge on any atom is 0.231 e. The molecule has 2 N–H and O–H groups in total. The highest BCUT2D eigenvalue weighted by Gasteiger charge is 2.18. The molecule has 0 radical (unpaired) electrons. The van der Waals surface area contributed by atoms with E-state index in [4.69, 9.17) is 16.5 Å². The molecule has 0 bridgehead atoms. The first-order valence-electron chi connectivity index (χ1n) is 11.4. The number of fused-ring (bicyclic) bond motifs is 1. The fourth-order valence-electron chi connectivity index (χ4n) is 4.18. The number of nitrogens with one attached hydrogen (secondary N) is 2. The number of hydrogen-bond donors (Lipinski definition) is 2. The fourth-order valence-corrected chi connectivity index (χ4v) is 4.18. The number of nitrogens with zero attached hydrogens (tertiary/aromatic N) is 7. The van der Waals surface area contributed by atoms with Crippen LogP contribution < -0.4 is 10.2 Å². The van der Waals surface area contributed by atoms with E-state index in [2.05, 4.69) is 61.0 Å². The van der Waals surface area contributed by atoms with E-state index in [9.17, 15) is 0 Å². The summed E-state index contributed by atoms with van der Waals surface area (Å²) in [5, 5.41) is 4.30. The van der Waals surface area contributed by atoms with Crippen molar-refractivity contribution in [1.29, 1.82) is 0 Å². The lowest BCUT2D eigenvalue weighted by atomic mass is 10.1. The van der Waals surface area contributed by atoms with Gasteiger partial charge in [-0.25, -0.2) is 24.8 Å². The van der Waals surface area contributed by atoms with Crippen LogP contribution in [-0.2, 0) is 0 Å². The Morgan fingerprint density at radius 2 is 1.91 bits per heavy atom. The van der Waals surface area contributed by atoms with Gasteiger partial charge in [0.15, 0.2) is 0 Å². The summed E-state index contributed by atoms with van der Waals surface area (Å²) in [5.41, 5.74) is 4.69. The highest BCUT2D eigenvalue weighted by molar-refractivity contribution is 5.96. The Bertz CT molecular complexity index is 1350. The Hall–Kier alpha value is -4.03. The monoisotopic (exact) mass is 453 g/mol. The molecular weight excluding hydrogens is 426 g/mol. The van der Waals surface area contributed by atoms with E-state index in [0.29, 0.717) is 17.3 Å². The van der Waals surface area contributed by atoms with Crippen molar-refractivity contribution in [2.75, 3.05) is 43.4 Å². The Kier molecular flexibility index (Phi) is 5.82. The highest BCUT2D eigenvalue weighted by Crippen LogP contribution is 2.34. The van der Waals surface area contributed by atoms with Gasteiger partial charge in [-0.05, 0) is 44.2 Å². The maximum absolute atomic E-state index is 7.58. The van der Waals surface area contributed by atoms with Crippen LogP contribution in [0.2, 0.25) is 0 Å². The van der Waals surface area contributed by atoms with Crippen LogP contribution >= 0.6 is 0 Å². The number of piperazine rings is 1. The number of hydrogen-bond acceptors (Lipinski definition) is 7. The second kappa shape index (κ2) is 9.08. The van der Waals surface area contributed by atoms with Crippen molar-refractivity contribution in [3.05, 3.63) is 65.5 Å². The number of pyridine rings is 2. The van der Waals surface area contributed by atoms with Crippen LogP contribution in [0.3, 0.4) is 0 Å². The lowest BCUT2D eigenvalue weighted by Gasteiger charge is -2.33. The molecular formula is C25H27N9. The summed E-state index contributed by atoms with van der Waals surface area (Å²) in [6.07, 6.45) is 7.15. The zero-order valence-corrected chi connectivity index (χ0v) is 19.6. The zero-order valence-electron chi connectivity index (χ0n) is 19.6. The van der Waals surface area contributed by atoms with Crippen molar-refractivity contribution < 1.29 is 0 Å². The highest BCUT2D eigenvalue weighted by atomic mass is 15.3. The zero-order chi connectivity index (χ0) is 23.7. The quantitative estimate of drug-likeness (QED) is 0.438. The first kappa shape index (κ1) is 21.8. The summed E-state index contributed by atoms with van der Waals surface area (Å²) in [7, 11) is 2.15. The number of anilines is 2. The van der Waals surface area contributed by atoms with Gasteiger partial charge in [0.1, 0.15) is 11.5 Å². The Balaban J connectivity index is 1.37. The average Bonchev–Trinajstić information content (AvgIpc) is 3.27. The van der Waals surface area contributed by atoms with E-state index in [-0.39, 0.29) is 6.04 Å². The van der Waals surface area contributed by atoms with Crippen molar-refractivity contribution in [3.63, 3.8) is 0 Å². The summed E-state index contributed by atoms with van der Waals surface area (Å²) >= 11 is 0. The second-order valence-corrected chi connectivity index (χ2v) is 8.76. The lowest BCUT2D eigenvalue weighted by Crippen LogP contribution is -2.44. The van der Waals surface area contributed by atoms with Gasteiger partial charge in [-0.2, -0.15) is 0 Å². The molecule has 1 aliphatic rings. The Labute approximate surface area is 198 Å². The Morgan fingerprint density at radius 3 is 2.65 bits per heavy atom. The van der Waals surface area contributed by atoms with Gasteiger partial charge in [0.05, 0.1) is 18.3 Å². The molecule has 0 spiro atoms.